The van der Waals surface area contributed by atoms with Gasteiger partial charge in [0, 0.05) is 25.2 Å². The van der Waals surface area contributed by atoms with Crippen LogP contribution >= 0.6 is 12.4 Å². The van der Waals surface area contributed by atoms with Gasteiger partial charge in [0.05, 0.1) is 12.6 Å². The van der Waals surface area contributed by atoms with Crippen molar-refractivity contribution in [1.82, 2.24) is 20.4 Å². The third-order valence-corrected chi connectivity index (χ3v) is 3.99. The summed E-state index contributed by atoms with van der Waals surface area (Å²) in [6, 6.07) is 6.11. The Hall–Kier alpha value is -1.63. The summed E-state index contributed by atoms with van der Waals surface area (Å²) in [6.07, 6.45) is 0. The van der Waals surface area contributed by atoms with E-state index < -0.39 is 0 Å². The molecule has 1 aromatic heterocycles. The summed E-state index contributed by atoms with van der Waals surface area (Å²) in [5.74, 6) is 2.12. The van der Waals surface area contributed by atoms with Crippen LogP contribution in [0.4, 0.5) is 0 Å². The Kier molecular flexibility index (Phi) is 5.98. The first-order chi connectivity index (χ1) is 10.7. The van der Waals surface area contributed by atoms with Gasteiger partial charge in [-0.3, -0.25) is 4.90 Å². The number of nitrogens with zero attached hydrogens (tertiary/aromatic N) is 3. The zero-order valence-corrected chi connectivity index (χ0v) is 14.5. The van der Waals surface area contributed by atoms with E-state index >= 15 is 0 Å². The molecule has 1 saturated heterocycles. The van der Waals surface area contributed by atoms with Gasteiger partial charge in [0.1, 0.15) is 5.75 Å². The second-order valence-corrected chi connectivity index (χ2v) is 5.57. The van der Waals surface area contributed by atoms with Crippen molar-refractivity contribution in [1.29, 1.82) is 0 Å². The lowest BCUT2D eigenvalue weighted by Crippen LogP contribution is -2.44. The van der Waals surface area contributed by atoms with Crippen LogP contribution in [0.1, 0.15) is 24.4 Å². The van der Waals surface area contributed by atoms with E-state index in [1.54, 1.807) is 0 Å². The monoisotopic (exact) mass is 338 g/mol. The molecule has 23 heavy (non-hydrogen) atoms. The van der Waals surface area contributed by atoms with Crippen molar-refractivity contribution in [3.8, 4) is 17.2 Å². The van der Waals surface area contributed by atoms with Crippen LogP contribution in [0.25, 0.3) is 11.5 Å². The van der Waals surface area contributed by atoms with Crippen molar-refractivity contribution in [2.24, 2.45) is 0 Å². The maximum absolute atomic E-state index is 5.63. The molecule has 7 heteroatoms. The third kappa shape index (κ3) is 3.83. The number of piperazine rings is 1. The largest absolute Gasteiger partial charge is 0.494 e. The van der Waals surface area contributed by atoms with Crippen LogP contribution in [0.2, 0.25) is 0 Å². The topological polar surface area (TPSA) is 63.4 Å². The Balaban J connectivity index is 0.00000192. The molecule has 1 aliphatic heterocycles. The fraction of sp³-hybridized carbons (Fsp3) is 0.500. The minimum atomic E-state index is 0. The van der Waals surface area contributed by atoms with Crippen LogP contribution in [0, 0.1) is 6.92 Å². The molecule has 0 spiro atoms. The van der Waals surface area contributed by atoms with Gasteiger partial charge in [0.15, 0.2) is 5.82 Å². The van der Waals surface area contributed by atoms with E-state index in [2.05, 4.69) is 27.4 Å². The molecule has 1 N–H and O–H groups in total. The molecule has 3 rings (SSSR count). The Labute approximate surface area is 142 Å². The molecule has 126 valence electrons. The van der Waals surface area contributed by atoms with Crippen LogP contribution in [-0.2, 0) is 0 Å². The zero-order valence-electron chi connectivity index (χ0n) is 13.7. The first-order valence-electron chi connectivity index (χ1n) is 7.67. The van der Waals surface area contributed by atoms with E-state index in [1.165, 1.54) is 0 Å². The molecule has 1 aromatic carbocycles. The van der Waals surface area contributed by atoms with Crippen molar-refractivity contribution in [2.75, 3.05) is 33.3 Å². The van der Waals surface area contributed by atoms with Gasteiger partial charge in [-0.25, -0.2) is 0 Å². The highest BCUT2D eigenvalue weighted by atomic mass is 35.5. The van der Waals surface area contributed by atoms with E-state index in [-0.39, 0.29) is 18.4 Å². The van der Waals surface area contributed by atoms with Gasteiger partial charge in [-0.15, -0.1) is 12.4 Å². The number of benzene rings is 1. The molecule has 1 atom stereocenters. The number of aromatic nitrogens is 2. The maximum atomic E-state index is 5.63. The molecule has 1 unspecified atom stereocenters. The quantitative estimate of drug-likeness (QED) is 0.923. The molecular formula is C16H23ClN4O2. The van der Waals surface area contributed by atoms with E-state index in [4.69, 9.17) is 9.26 Å². The van der Waals surface area contributed by atoms with Crippen molar-refractivity contribution >= 4 is 12.4 Å². The molecule has 6 nitrogen and oxygen atoms in total. The van der Waals surface area contributed by atoms with Gasteiger partial charge in [-0.1, -0.05) is 11.2 Å². The van der Waals surface area contributed by atoms with Crippen LogP contribution in [0.5, 0.6) is 5.75 Å². The molecule has 2 aromatic rings. The molecule has 0 radical (unpaired) electrons. The van der Waals surface area contributed by atoms with Crippen molar-refractivity contribution in [2.45, 2.75) is 19.9 Å². The number of hydrogen-bond acceptors (Lipinski definition) is 6. The molecule has 0 saturated carbocycles. The van der Waals surface area contributed by atoms with Gasteiger partial charge in [-0.2, -0.15) is 4.98 Å². The standard InChI is InChI=1S/C16H22N4O2.ClH/c1-4-21-14-9-12(6-5-11(14)2)16-18-15(19-22-16)13-10-17-7-8-20(13)3;/h5-6,9,13,17H,4,7-8,10H2,1-3H3;1H. The van der Waals surface area contributed by atoms with Gasteiger partial charge >= 0.3 is 0 Å². The second kappa shape index (κ2) is 7.77. The first kappa shape index (κ1) is 17.7. The number of likely N-dealkylation sites (N-methyl/N-ethyl adjacent to an activating group) is 1. The highest BCUT2D eigenvalue weighted by Gasteiger charge is 2.25. The lowest BCUT2D eigenvalue weighted by molar-refractivity contribution is 0.190. The van der Waals surface area contributed by atoms with Crippen molar-refractivity contribution in [3.63, 3.8) is 0 Å². The minimum Gasteiger partial charge on any atom is -0.494 e. The van der Waals surface area contributed by atoms with Crippen molar-refractivity contribution < 1.29 is 9.26 Å². The summed E-state index contributed by atoms with van der Waals surface area (Å²) in [7, 11) is 2.08. The average Bonchev–Trinajstić information content (AvgIpc) is 3.00. The normalized spacial score (nSPS) is 18.5. The first-order valence-corrected chi connectivity index (χ1v) is 7.67. The number of rotatable bonds is 4. The number of aryl methyl sites for hydroxylation is 1. The SMILES string of the molecule is CCOc1cc(-c2nc(C3CNCCN3C)no2)ccc1C.Cl. The average molecular weight is 339 g/mol. The summed E-state index contributed by atoms with van der Waals surface area (Å²) in [6.45, 7) is 7.45. The van der Waals surface area contributed by atoms with Gasteiger partial charge < -0.3 is 14.6 Å². The molecule has 0 bridgehead atoms. The summed E-state index contributed by atoms with van der Waals surface area (Å²) in [4.78, 5) is 6.81. The summed E-state index contributed by atoms with van der Waals surface area (Å²) in [5.41, 5.74) is 1.99. The predicted octanol–water partition coefficient (Wildman–Crippen LogP) is 2.44. The molecule has 0 amide bonds. The molecule has 0 aliphatic carbocycles. The minimum absolute atomic E-state index is 0. The Morgan fingerprint density at radius 1 is 1.43 bits per heavy atom. The highest BCUT2D eigenvalue weighted by molar-refractivity contribution is 5.85. The highest BCUT2D eigenvalue weighted by Crippen LogP contribution is 2.27. The fourth-order valence-corrected chi connectivity index (χ4v) is 2.63. The smallest absolute Gasteiger partial charge is 0.258 e. The molecule has 2 heterocycles. The van der Waals surface area contributed by atoms with E-state index in [0.717, 1.165) is 42.3 Å². The van der Waals surface area contributed by atoms with Gasteiger partial charge in [0.2, 0.25) is 0 Å². The van der Waals surface area contributed by atoms with Crippen molar-refractivity contribution in [3.05, 3.63) is 29.6 Å². The molecule has 1 fully saturated rings. The van der Waals surface area contributed by atoms with Crippen LogP contribution < -0.4 is 10.1 Å². The van der Waals surface area contributed by atoms with Crippen LogP contribution in [0.15, 0.2) is 22.7 Å². The van der Waals surface area contributed by atoms with Crippen LogP contribution in [-0.4, -0.2) is 48.3 Å². The summed E-state index contributed by atoms with van der Waals surface area (Å²) >= 11 is 0. The van der Waals surface area contributed by atoms with E-state index in [9.17, 15) is 0 Å². The Morgan fingerprint density at radius 2 is 2.26 bits per heavy atom. The number of nitrogens with one attached hydrogen (secondary N) is 1. The fourth-order valence-electron chi connectivity index (χ4n) is 2.63. The number of hydrogen-bond donors (Lipinski definition) is 1. The van der Waals surface area contributed by atoms with Gasteiger partial charge in [0.25, 0.3) is 5.89 Å². The number of halogens is 1. The lowest BCUT2D eigenvalue weighted by atomic mass is 10.1. The van der Waals surface area contributed by atoms with E-state index in [0.29, 0.717) is 12.5 Å². The number of ether oxygens (including phenoxy) is 1. The summed E-state index contributed by atoms with van der Waals surface area (Å²) in [5, 5.41) is 7.52. The lowest BCUT2D eigenvalue weighted by Gasteiger charge is -2.30. The molecular weight excluding hydrogens is 316 g/mol. The second-order valence-electron chi connectivity index (χ2n) is 5.57. The summed E-state index contributed by atoms with van der Waals surface area (Å²) < 4.78 is 11.1. The van der Waals surface area contributed by atoms with Crippen LogP contribution in [0.3, 0.4) is 0 Å². The zero-order chi connectivity index (χ0) is 15.5. The predicted molar refractivity (Wildman–Crippen MR) is 91.1 cm³/mol. The Morgan fingerprint density at radius 3 is 3.00 bits per heavy atom. The molecule has 1 aliphatic rings. The third-order valence-electron chi connectivity index (χ3n) is 3.99. The van der Waals surface area contributed by atoms with Gasteiger partial charge in [-0.05, 0) is 38.6 Å². The maximum Gasteiger partial charge on any atom is 0.258 e. The Bertz CT molecular complexity index is 647. The van der Waals surface area contributed by atoms with E-state index in [1.807, 2.05) is 32.0 Å².